The number of hydrogen-bond donors (Lipinski definition) is 1. The number of aliphatic hydroxyl groups is 1. The average Bonchev–Trinajstić information content (AvgIpc) is 2.61. The third-order valence-corrected chi connectivity index (χ3v) is 4.60. The highest BCUT2D eigenvalue weighted by Gasteiger charge is 2.27. The van der Waals surface area contributed by atoms with Crippen LogP contribution in [-0.4, -0.2) is 29.7 Å². The van der Waals surface area contributed by atoms with E-state index in [0.717, 1.165) is 11.1 Å². The van der Waals surface area contributed by atoms with Crippen molar-refractivity contribution >= 4 is 11.4 Å². The Labute approximate surface area is 146 Å². The lowest BCUT2D eigenvalue weighted by Gasteiger charge is -2.35. The van der Waals surface area contributed by atoms with Crippen molar-refractivity contribution < 1.29 is 14.8 Å². The van der Waals surface area contributed by atoms with Crippen molar-refractivity contribution in [2.45, 2.75) is 26.6 Å². The molecule has 0 spiro atoms. The predicted octanol–water partition coefficient (Wildman–Crippen LogP) is 3.28. The maximum atomic E-state index is 11.4. The minimum absolute atomic E-state index is 0.0541. The summed E-state index contributed by atoms with van der Waals surface area (Å²) >= 11 is 0. The van der Waals surface area contributed by atoms with E-state index in [1.165, 1.54) is 11.6 Å². The van der Waals surface area contributed by atoms with Gasteiger partial charge in [0.05, 0.1) is 18.1 Å². The summed E-state index contributed by atoms with van der Waals surface area (Å²) in [5.74, 6) is 0. The van der Waals surface area contributed by atoms with E-state index in [9.17, 15) is 15.2 Å². The first-order chi connectivity index (χ1) is 12.0. The average molecular weight is 342 g/mol. The van der Waals surface area contributed by atoms with Crippen LogP contribution in [0.25, 0.3) is 0 Å². The van der Waals surface area contributed by atoms with Gasteiger partial charge in [-0.2, -0.15) is 0 Å². The highest BCUT2D eigenvalue weighted by Crippen LogP contribution is 2.34. The maximum absolute atomic E-state index is 11.4. The van der Waals surface area contributed by atoms with Gasteiger partial charge in [-0.3, -0.25) is 10.1 Å². The summed E-state index contributed by atoms with van der Waals surface area (Å²) < 4.78 is 5.93. The lowest BCUT2D eigenvalue weighted by atomic mass is 9.99. The van der Waals surface area contributed by atoms with Crippen LogP contribution in [-0.2, 0) is 11.3 Å². The molecule has 1 aliphatic rings. The molecule has 6 nitrogen and oxygen atoms in total. The molecule has 0 aromatic heterocycles. The smallest absolute Gasteiger partial charge is 0.292 e. The standard InChI is InChI=1S/C19H22N2O4/c1-13-3-5-16(14(2)9-13)19-11-20(7-8-25-19)18-10-15(12-22)4-6-17(18)21(23)24/h3-6,9-10,19,22H,7-8,11-12H2,1-2H3. The lowest BCUT2D eigenvalue weighted by Crippen LogP contribution is -2.39. The monoisotopic (exact) mass is 342 g/mol. The summed E-state index contributed by atoms with van der Waals surface area (Å²) in [5.41, 5.74) is 4.71. The van der Waals surface area contributed by atoms with Crippen LogP contribution in [0.15, 0.2) is 36.4 Å². The lowest BCUT2D eigenvalue weighted by molar-refractivity contribution is -0.384. The first-order valence-corrected chi connectivity index (χ1v) is 8.31. The molecule has 6 heteroatoms. The van der Waals surface area contributed by atoms with Crippen LogP contribution in [0.2, 0.25) is 0 Å². The fraction of sp³-hybridized carbons (Fsp3) is 0.368. The second-order valence-corrected chi connectivity index (χ2v) is 6.40. The number of benzene rings is 2. The van der Waals surface area contributed by atoms with Gasteiger partial charge in [0.2, 0.25) is 0 Å². The van der Waals surface area contributed by atoms with E-state index in [1.807, 2.05) is 4.90 Å². The summed E-state index contributed by atoms with van der Waals surface area (Å²) in [6, 6.07) is 11.0. The van der Waals surface area contributed by atoms with Gasteiger partial charge in [-0.15, -0.1) is 0 Å². The molecule has 1 fully saturated rings. The van der Waals surface area contributed by atoms with Crippen molar-refractivity contribution in [1.29, 1.82) is 0 Å². The number of anilines is 1. The van der Waals surface area contributed by atoms with Crippen molar-refractivity contribution in [2.24, 2.45) is 0 Å². The van der Waals surface area contributed by atoms with Gasteiger partial charge in [-0.1, -0.05) is 23.8 Å². The molecular weight excluding hydrogens is 320 g/mol. The third kappa shape index (κ3) is 3.65. The summed E-state index contributed by atoms with van der Waals surface area (Å²) in [7, 11) is 0. The number of hydrogen-bond acceptors (Lipinski definition) is 5. The van der Waals surface area contributed by atoms with E-state index in [0.29, 0.717) is 30.9 Å². The van der Waals surface area contributed by atoms with Crippen LogP contribution in [0.4, 0.5) is 11.4 Å². The number of nitrogens with zero attached hydrogens (tertiary/aromatic N) is 2. The Kier molecular flexibility index (Phi) is 5.01. The number of rotatable bonds is 4. The molecule has 1 atom stereocenters. The van der Waals surface area contributed by atoms with Crippen LogP contribution in [0.3, 0.4) is 0 Å². The van der Waals surface area contributed by atoms with E-state index in [1.54, 1.807) is 12.1 Å². The Morgan fingerprint density at radius 1 is 1.28 bits per heavy atom. The molecule has 2 aromatic carbocycles. The topological polar surface area (TPSA) is 75.8 Å². The minimum Gasteiger partial charge on any atom is -0.392 e. The van der Waals surface area contributed by atoms with E-state index < -0.39 is 0 Å². The van der Waals surface area contributed by atoms with Gasteiger partial charge in [-0.25, -0.2) is 0 Å². The molecule has 0 radical (unpaired) electrons. The summed E-state index contributed by atoms with van der Waals surface area (Å²) in [6.45, 7) is 5.58. The van der Waals surface area contributed by atoms with Crippen molar-refractivity contribution in [1.82, 2.24) is 0 Å². The Hall–Kier alpha value is -2.44. The zero-order valence-corrected chi connectivity index (χ0v) is 14.4. The number of aliphatic hydroxyl groups excluding tert-OH is 1. The fourth-order valence-corrected chi connectivity index (χ4v) is 3.32. The number of ether oxygens (including phenoxy) is 1. The van der Waals surface area contributed by atoms with Crippen LogP contribution >= 0.6 is 0 Å². The van der Waals surface area contributed by atoms with Crippen LogP contribution < -0.4 is 4.90 Å². The molecule has 3 rings (SSSR count). The SMILES string of the molecule is Cc1ccc(C2CN(c3cc(CO)ccc3[N+](=O)[O-])CCO2)c(C)c1. The molecule has 0 aliphatic carbocycles. The number of nitro groups is 1. The Balaban J connectivity index is 1.92. The van der Waals surface area contributed by atoms with E-state index in [2.05, 4.69) is 32.0 Å². The van der Waals surface area contributed by atoms with Gasteiger partial charge < -0.3 is 14.7 Å². The first kappa shape index (κ1) is 17.4. The van der Waals surface area contributed by atoms with Crippen molar-refractivity contribution in [2.75, 3.05) is 24.6 Å². The van der Waals surface area contributed by atoms with Gasteiger partial charge in [0.15, 0.2) is 0 Å². The molecule has 0 amide bonds. The van der Waals surface area contributed by atoms with Crippen LogP contribution in [0.1, 0.15) is 28.4 Å². The van der Waals surface area contributed by atoms with Gasteiger partial charge in [0, 0.05) is 19.2 Å². The molecule has 0 saturated carbocycles. The largest absolute Gasteiger partial charge is 0.392 e. The van der Waals surface area contributed by atoms with Gasteiger partial charge in [-0.05, 0) is 42.7 Å². The zero-order valence-electron chi connectivity index (χ0n) is 14.4. The van der Waals surface area contributed by atoms with Crippen LogP contribution in [0, 0.1) is 24.0 Å². The van der Waals surface area contributed by atoms with E-state index in [4.69, 9.17) is 4.74 Å². The normalized spacial score (nSPS) is 17.6. The molecule has 0 bridgehead atoms. The van der Waals surface area contributed by atoms with Gasteiger partial charge in [0.25, 0.3) is 5.69 Å². The van der Waals surface area contributed by atoms with Crippen LogP contribution in [0.5, 0.6) is 0 Å². The molecule has 1 saturated heterocycles. The Morgan fingerprint density at radius 2 is 2.08 bits per heavy atom. The molecule has 1 N–H and O–H groups in total. The van der Waals surface area contributed by atoms with Gasteiger partial charge >= 0.3 is 0 Å². The summed E-state index contributed by atoms with van der Waals surface area (Å²) in [6.07, 6.45) is -0.133. The molecule has 1 unspecified atom stereocenters. The third-order valence-electron chi connectivity index (χ3n) is 4.60. The number of aryl methyl sites for hydroxylation is 2. The van der Waals surface area contributed by atoms with Crippen molar-refractivity contribution in [3.63, 3.8) is 0 Å². The minimum atomic E-state index is -0.377. The number of nitro benzene ring substituents is 1. The van der Waals surface area contributed by atoms with E-state index >= 15 is 0 Å². The molecule has 132 valence electrons. The quantitative estimate of drug-likeness (QED) is 0.682. The zero-order chi connectivity index (χ0) is 18.0. The van der Waals surface area contributed by atoms with Crippen molar-refractivity contribution in [3.8, 4) is 0 Å². The second kappa shape index (κ2) is 7.21. The molecular formula is C19H22N2O4. The van der Waals surface area contributed by atoms with Gasteiger partial charge in [0.1, 0.15) is 11.8 Å². The molecule has 1 aliphatic heterocycles. The fourth-order valence-electron chi connectivity index (χ4n) is 3.32. The molecule has 2 aromatic rings. The molecule has 25 heavy (non-hydrogen) atoms. The van der Waals surface area contributed by atoms with E-state index in [-0.39, 0.29) is 23.3 Å². The highest BCUT2D eigenvalue weighted by atomic mass is 16.6. The highest BCUT2D eigenvalue weighted by molar-refractivity contribution is 5.65. The summed E-state index contributed by atoms with van der Waals surface area (Å²) in [4.78, 5) is 13.0. The first-order valence-electron chi connectivity index (χ1n) is 8.31. The Bertz CT molecular complexity index is 791. The Morgan fingerprint density at radius 3 is 2.76 bits per heavy atom. The van der Waals surface area contributed by atoms with Crippen molar-refractivity contribution in [3.05, 3.63) is 68.8 Å². The maximum Gasteiger partial charge on any atom is 0.292 e. The molecule has 1 heterocycles. The predicted molar refractivity (Wildman–Crippen MR) is 95.8 cm³/mol. The number of morpholine rings is 1. The second-order valence-electron chi connectivity index (χ2n) is 6.40. The summed E-state index contributed by atoms with van der Waals surface area (Å²) in [5, 5.41) is 20.8.